The summed E-state index contributed by atoms with van der Waals surface area (Å²) in [6, 6.07) is 1.53. The van der Waals surface area contributed by atoms with Crippen LogP contribution in [-0.2, 0) is 6.42 Å². The molecule has 0 bridgehead atoms. The number of rotatable bonds is 6. The molecule has 1 aromatic rings. The lowest BCUT2D eigenvalue weighted by atomic mass is 10.2. The topological polar surface area (TPSA) is 95.6 Å². The fourth-order valence-electron chi connectivity index (χ4n) is 1.19. The molecule has 0 amide bonds. The van der Waals surface area contributed by atoms with Crippen molar-refractivity contribution in [3.63, 3.8) is 0 Å². The van der Waals surface area contributed by atoms with Gasteiger partial charge in [-0.05, 0) is 6.42 Å². The number of nitrogens with zero attached hydrogens (tertiary/aromatic N) is 1. The van der Waals surface area contributed by atoms with E-state index < -0.39 is 0 Å². The number of hydrogen-bond donors (Lipinski definition) is 3. The van der Waals surface area contributed by atoms with Gasteiger partial charge in [-0.25, -0.2) is 4.98 Å². The van der Waals surface area contributed by atoms with E-state index in [4.69, 9.17) is 11.1 Å². The van der Waals surface area contributed by atoms with Crippen LogP contribution in [0.1, 0.15) is 25.5 Å². The Morgan fingerprint density at radius 3 is 3.06 bits per heavy atom. The van der Waals surface area contributed by atoms with Crippen LogP contribution >= 0.6 is 11.8 Å². The first kappa shape index (κ1) is 12.8. The van der Waals surface area contributed by atoms with Gasteiger partial charge in [-0.15, -0.1) is 0 Å². The number of thioether (sulfide) groups is 1. The van der Waals surface area contributed by atoms with E-state index in [-0.39, 0.29) is 11.4 Å². The molecule has 6 heteroatoms. The Morgan fingerprint density at radius 2 is 2.44 bits per heavy atom. The summed E-state index contributed by atoms with van der Waals surface area (Å²) in [5.41, 5.74) is 5.94. The van der Waals surface area contributed by atoms with Crippen molar-refractivity contribution in [2.75, 3.05) is 5.75 Å². The molecule has 0 saturated carbocycles. The Morgan fingerprint density at radius 1 is 1.69 bits per heavy atom. The largest absolute Gasteiger partial charge is 0.388 e. The molecule has 4 N–H and O–H groups in total. The van der Waals surface area contributed by atoms with Crippen LogP contribution in [0.2, 0.25) is 0 Å². The van der Waals surface area contributed by atoms with E-state index in [1.165, 1.54) is 17.8 Å². The molecule has 0 aromatic carbocycles. The highest BCUT2D eigenvalue weighted by Crippen LogP contribution is 2.12. The molecule has 0 aliphatic heterocycles. The minimum atomic E-state index is -0.122. The molecule has 1 rings (SSSR count). The second-order valence-electron chi connectivity index (χ2n) is 3.42. The maximum atomic E-state index is 11.3. The Hall–Kier alpha value is -1.30. The molecule has 0 unspecified atom stereocenters. The van der Waals surface area contributed by atoms with Crippen LogP contribution < -0.4 is 11.3 Å². The van der Waals surface area contributed by atoms with E-state index in [2.05, 4.69) is 9.97 Å². The summed E-state index contributed by atoms with van der Waals surface area (Å²) < 4.78 is 0. The first-order valence-corrected chi connectivity index (χ1v) is 6.16. The Kier molecular flexibility index (Phi) is 5.04. The molecule has 16 heavy (non-hydrogen) atoms. The highest BCUT2D eigenvalue weighted by molar-refractivity contribution is 7.99. The summed E-state index contributed by atoms with van der Waals surface area (Å²) in [6.45, 7) is 2.05. The van der Waals surface area contributed by atoms with Crippen LogP contribution in [0.15, 0.2) is 16.0 Å². The van der Waals surface area contributed by atoms with Gasteiger partial charge >= 0.3 is 0 Å². The molecular formula is C10H16N4OS. The zero-order chi connectivity index (χ0) is 12.0. The maximum absolute atomic E-state index is 11.3. The molecule has 1 heterocycles. The summed E-state index contributed by atoms with van der Waals surface area (Å²) in [6.07, 6.45) is 2.28. The minimum absolute atomic E-state index is 0.122. The van der Waals surface area contributed by atoms with Crippen LogP contribution in [-0.4, -0.2) is 21.6 Å². The average molecular weight is 240 g/mol. The van der Waals surface area contributed by atoms with Gasteiger partial charge in [0, 0.05) is 23.9 Å². The van der Waals surface area contributed by atoms with Crippen molar-refractivity contribution < 1.29 is 0 Å². The minimum Gasteiger partial charge on any atom is -0.388 e. The third-order valence-electron chi connectivity index (χ3n) is 1.89. The normalized spacial score (nSPS) is 10.3. The summed E-state index contributed by atoms with van der Waals surface area (Å²) in [5, 5.41) is 7.69. The molecule has 0 aliphatic rings. The van der Waals surface area contributed by atoms with Gasteiger partial charge in [0.2, 0.25) is 0 Å². The molecule has 0 atom stereocenters. The van der Waals surface area contributed by atoms with Crippen molar-refractivity contribution in [3.05, 3.63) is 22.1 Å². The molecule has 0 radical (unpaired) electrons. The highest BCUT2D eigenvalue weighted by Gasteiger charge is 2.01. The molecule has 1 aromatic heterocycles. The Bertz CT molecular complexity index is 416. The molecule has 0 aliphatic carbocycles. The van der Waals surface area contributed by atoms with Crippen molar-refractivity contribution in [2.24, 2.45) is 5.73 Å². The van der Waals surface area contributed by atoms with Gasteiger partial charge in [-0.1, -0.05) is 25.1 Å². The van der Waals surface area contributed by atoms with Gasteiger partial charge in [0.05, 0.1) is 5.84 Å². The summed E-state index contributed by atoms with van der Waals surface area (Å²) in [7, 11) is 0. The molecule has 0 fully saturated rings. The first-order chi connectivity index (χ1) is 7.61. The summed E-state index contributed by atoms with van der Waals surface area (Å²) in [5.74, 6) is 0.813. The predicted octanol–water partition coefficient (Wildman–Crippen LogP) is 1.14. The number of H-pyrrole nitrogens is 1. The monoisotopic (exact) mass is 240 g/mol. The number of nitrogens with one attached hydrogen (secondary N) is 2. The van der Waals surface area contributed by atoms with Crippen molar-refractivity contribution >= 4 is 17.6 Å². The van der Waals surface area contributed by atoms with Crippen LogP contribution in [0.4, 0.5) is 0 Å². The SMILES string of the molecule is CCCc1cc(=O)[nH]c(SCCC(=N)N)n1. The van der Waals surface area contributed by atoms with Crippen LogP contribution in [0.25, 0.3) is 0 Å². The van der Waals surface area contributed by atoms with Crippen LogP contribution in [0.5, 0.6) is 0 Å². The van der Waals surface area contributed by atoms with E-state index >= 15 is 0 Å². The molecule has 0 saturated heterocycles. The van der Waals surface area contributed by atoms with Gasteiger partial charge in [0.15, 0.2) is 5.16 Å². The maximum Gasteiger partial charge on any atom is 0.251 e. The zero-order valence-corrected chi connectivity index (χ0v) is 10.1. The Balaban J connectivity index is 2.65. The van der Waals surface area contributed by atoms with E-state index in [1.54, 1.807) is 0 Å². The van der Waals surface area contributed by atoms with Gasteiger partial charge < -0.3 is 10.7 Å². The highest BCUT2D eigenvalue weighted by atomic mass is 32.2. The lowest BCUT2D eigenvalue weighted by Crippen LogP contribution is -2.12. The van der Waals surface area contributed by atoms with E-state index in [0.717, 1.165) is 18.5 Å². The number of aromatic amines is 1. The zero-order valence-electron chi connectivity index (χ0n) is 9.25. The smallest absolute Gasteiger partial charge is 0.251 e. The lowest BCUT2D eigenvalue weighted by molar-refractivity contribution is 0.816. The lowest BCUT2D eigenvalue weighted by Gasteiger charge is -2.02. The molecule has 0 spiro atoms. The second kappa shape index (κ2) is 6.32. The van der Waals surface area contributed by atoms with Gasteiger partial charge in [-0.2, -0.15) is 0 Å². The second-order valence-corrected chi connectivity index (χ2v) is 4.50. The van der Waals surface area contributed by atoms with Gasteiger partial charge in [0.25, 0.3) is 5.56 Å². The quantitative estimate of drug-likeness (QED) is 0.301. The first-order valence-electron chi connectivity index (χ1n) is 5.17. The van der Waals surface area contributed by atoms with E-state index in [9.17, 15) is 4.79 Å². The third kappa shape index (κ3) is 4.48. The van der Waals surface area contributed by atoms with Crippen LogP contribution in [0, 0.1) is 5.41 Å². The van der Waals surface area contributed by atoms with Crippen molar-refractivity contribution in [2.45, 2.75) is 31.3 Å². The van der Waals surface area contributed by atoms with E-state index in [0.29, 0.717) is 17.3 Å². The van der Waals surface area contributed by atoms with Crippen LogP contribution in [0.3, 0.4) is 0 Å². The average Bonchev–Trinajstić information content (AvgIpc) is 2.16. The fraction of sp³-hybridized carbons (Fsp3) is 0.500. The Labute approximate surface area is 98.4 Å². The number of nitrogens with two attached hydrogens (primary N) is 1. The number of amidine groups is 1. The summed E-state index contributed by atoms with van der Waals surface area (Å²) in [4.78, 5) is 18.3. The van der Waals surface area contributed by atoms with Gasteiger partial charge in [0.1, 0.15) is 0 Å². The standard InChI is InChI=1S/C10H16N4OS/c1-2-3-7-6-9(15)14-10(13-7)16-5-4-8(11)12/h6H,2-5H2,1H3,(H3,11,12)(H,13,14,15). The van der Waals surface area contributed by atoms with Crippen molar-refractivity contribution in [1.29, 1.82) is 5.41 Å². The van der Waals surface area contributed by atoms with E-state index in [1.807, 2.05) is 6.92 Å². The molecule has 88 valence electrons. The van der Waals surface area contributed by atoms with Crippen molar-refractivity contribution in [1.82, 2.24) is 9.97 Å². The number of aromatic nitrogens is 2. The molecular weight excluding hydrogens is 224 g/mol. The predicted molar refractivity (Wildman–Crippen MR) is 66.1 cm³/mol. The fourth-order valence-corrected chi connectivity index (χ4v) is 2.06. The third-order valence-corrected chi connectivity index (χ3v) is 2.76. The number of hydrogen-bond acceptors (Lipinski definition) is 4. The molecule has 5 nitrogen and oxygen atoms in total. The number of aryl methyl sites for hydroxylation is 1. The summed E-state index contributed by atoms with van der Waals surface area (Å²) >= 11 is 1.42. The van der Waals surface area contributed by atoms with Crippen molar-refractivity contribution in [3.8, 4) is 0 Å². The van der Waals surface area contributed by atoms with Gasteiger partial charge in [-0.3, -0.25) is 10.2 Å².